The van der Waals surface area contributed by atoms with E-state index in [0.29, 0.717) is 0 Å². The molecule has 1 aromatic heterocycles. The van der Waals surface area contributed by atoms with Gasteiger partial charge in [0, 0.05) is 0 Å². The predicted molar refractivity (Wildman–Crippen MR) is 65.3 cm³/mol. The second-order valence-electron chi connectivity index (χ2n) is 2.41. The summed E-state index contributed by atoms with van der Waals surface area (Å²) in [6.45, 7) is 3.54. The minimum atomic E-state index is 1.05. The van der Waals surface area contributed by atoms with E-state index in [0.717, 1.165) is 8.46 Å². The van der Waals surface area contributed by atoms with Crippen LogP contribution in [0.25, 0.3) is 0 Å². The summed E-state index contributed by atoms with van der Waals surface area (Å²) < 4.78 is 3.03. The Labute approximate surface area is 79.9 Å². The number of thioether (sulfide) groups is 1. The Morgan fingerprint density at radius 1 is 1.73 bits per heavy atom. The lowest BCUT2D eigenvalue weighted by Crippen LogP contribution is -2.23. The van der Waals surface area contributed by atoms with Gasteiger partial charge in [-0.05, 0) is 17.1 Å². The molecule has 0 fully saturated rings. The highest BCUT2D eigenvalue weighted by Crippen LogP contribution is 2.18. The van der Waals surface area contributed by atoms with Crippen molar-refractivity contribution in [1.29, 1.82) is 0 Å². The molecule has 1 rings (SSSR count). The summed E-state index contributed by atoms with van der Waals surface area (Å²) in [7, 11) is 3.26. The van der Waals surface area contributed by atoms with Crippen LogP contribution in [-0.4, -0.2) is 27.8 Å². The second-order valence-corrected chi connectivity index (χ2v) is 5.71. The Bertz CT molecular complexity index is 236. The molecule has 1 heterocycles. The van der Waals surface area contributed by atoms with E-state index < -0.39 is 0 Å². The lowest BCUT2D eigenvalue weighted by Gasteiger charge is -1.90. The van der Waals surface area contributed by atoms with Gasteiger partial charge in [-0.1, -0.05) is 12.1 Å². The molecule has 0 aliphatic carbocycles. The highest BCUT2D eigenvalue weighted by atomic mass is 32.2. The largest absolute Gasteiger partial charge is 0.195 e. The van der Waals surface area contributed by atoms with Gasteiger partial charge in [0.05, 0.1) is 4.21 Å². The molecule has 58 valence electrons. The summed E-state index contributed by atoms with van der Waals surface area (Å²) in [4.78, 5) is 0. The van der Waals surface area contributed by atoms with Crippen LogP contribution < -0.4 is 10.2 Å². The molecule has 1 atom stereocenters. The molecule has 0 aliphatic heterocycles. The summed E-state index contributed by atoms with van der Waals surface area (Å²) in [6.07, 6.45) is 2.14. The molecule has 0 radical (unpaired) electrons. The molecule has 11 heavy (non-hydrogen) atoms. The lowest BCUT2D eigenvalue weighted by molar-refractivity contribution is 1.78. The summed E-state index contributed by atoms with van der Waals surface area (Å²) in [5.74, 6) is 0. The van der Waals surface area contributed by atoms with E-state index in [1.54, 1.807) is 4.78 Å². The molecule has 5 heteroatoms. The smallest absolute Gasteiger partial charge is 0.156 e. The van der Waals surface area contributed by atoms with Gasteiger partial charge in [0.15, 0.2) is 7.00 Å². The Hall–Kier alpha value is 0.610. The first-order valence-electron chi connectivity index (χ1n) is 3.56. The number of hydrogen-bond acceptors (Lipinski definition) is 2. The zero-order chi connectivity index (χ0) is 8.27. The second kappa shape index (κ2) is 4.59. The van der Waals surface area contributed by atoms with Crippen molar-refractivity contribution in [3.8, 4) is 0 Å². The van der Waals surface area contributed by atoms with Crippen LogP contribution >= 0.6 is 31.6 Å². The highest BCUT2D eigenvalue weighted by molar-refractivity contribution is 8.00. The van der Waals surface area contributed by atoms with Gasteiger partial charge in [0.25, 0.3) is 0 Å². The summed E-state index contributed by atoms with van der Waals surface area (Å²) in [5, 5.41) is 0. The molecular weight excluding hydrogens is 189 g/mol. The number of thiophene rings is 1. The first-order valence-corrected chi connectivity index (χ1v) is 7.30. The minimum Gasteiger partial charge on any atom is -0.156 e. The third-order valence-electron chi connectivity index (χ3n) is 1.54. The van der Waals surface area contributed by atoms with Crippen molar-refractivity contribution in [2.45, 2.75) is 4.21 Å². The van der Waals surface area contributed by atoms with Crippen LogP contribution in [0.4, 0.5) is 0 Å². The molecule has 0 amide bonds. The van der Waals surface area contributed by atoms with Gasteiger partial charge in [-0.2, -0.15) is 8.46 Å². The Kier molecular flexibility index (Phi) is 4.05. The summed E-state index contributed by atoms with van der Waals surface area (Å²) in [5.41, 5.74) is 1.48. The van der Waals surface area contributed by atoms with Crippen molar-refractivity contribution in [2.24, 2.45) is 0 Å². The molecule has 0 spiro atoms. The minimum absolute atomic E-state index is 1.05. The van der Waals surface area contributed by atoms with Crippen LogP contribution in [0.5, 0.6) is 0 Å². The Morgan fingerprint density at radius 3 is 2.91 bits per heavy atom. The van der Waals surface area contributed by atoms with Gasteiger partial charge in [-0.25, -0.2) is 0 Å². The predicted octanol–water partition coefficient (Wildman–Crippen LogP) is 0.0135. The van der Waals surface area contributed by atoms with Gasteiger partial charge >= 0.3 is 0 Å². The van der Waals surface area contributed by atoms with Gasteiger partial charge in [0.1, 0.15) is 7.85 Å². The summed E-state index contributed by atoms with van der Waals surface area (Å²) in [6, 6.07) is 2.30. The average molecular weight is 200 g/mol. The van der Waals surface area contributed by atoms with Crippen LogP contribution in [0, 0.1) is 0 Å². The van der Waals surface area contributed by atoms with E-state index in [2.05, 4.69) is 26.8 Å². The Balaban J connectivity index is 2.79. The van der Waals surface area contributed by atoms with Crippen LogP contribution in [0.3, 0.4) is 0 Å². The molecule has 0 N–H and O–H groups in total. The lowest BCUT2D eigenvalue weighted by atomic mass is 9.88. The molecule has 0 nitrogen and oxygen atoms in total. The van der Waals surface area contributed by atoms with Crippen molar-refractivity contribution in [3.05, 3.63) is 6.07 Å². The normalized spacial score (nSPS) is 11.1. The fraction of sp³-hybridized carbons (Fsp3) is 0.333. The molecule has 0 aliphatic rings. The zero-order valence-corrected chi connectivity index (χ0v) is 9.73. The topological polar surface area (TPSA) is 0 Å². The SMILES string of the molecule is Bc1cc(SC)sc1BPC. The molecule has 0 bridgehead atoms. The third-order valence-corrected chi connectivity index (χ3v) is 4.80. The fourth-order valence-corrected chi connectivity index (χ4v) is 3.88. The standard InChI is InChI=1S/C6H11B2PS2/c1-9-8-6-4(7)3-5(10-2)11-6/h3,8-9H,7H2,1-2H3. The van der Waals surface area contributed by atoms with Crippen LogP contribution in [0.2, 0.25) is 0 Å². The maximum absolute atomic E-state index is 2.30. The van der Waals surface area contributed by atoms with E-state index in [1.165, 1.54) is 16.7 Å². The molecule has 0 saturated carbocycles. The van der Waals surface area contributed by atoms with Gasteiger partial charge in [-0.15, -0.1) is 23.1 Å². The van der Waals surface area contributed by atoms with Gasteiger partial charge < -0.3 is 0 Å². The highest BCUT2D eigenvalue weighted by Gasteiger charge is 2.03. The Morgan fingerprint density at radius 2 is 2.45 bits per heavy atom. The molecule has 1 aromatic rings. The zero-order valence-electron chi connectivity index (χ0n) is 7.10. The monoisotopic (exact) mass is 200 g/mol. The maximum Gasteiger partial charge on any atom is 0.195 e. The van der Waals surface area contributed by atoms with Crippen molar-refractivity contribution in [1.82, 2.24) is 0 Å². The van der Waals surface area contributed by atoms with Crippen molar-refractivity contribution in [2.75, 3.05) is 12.9 Å². The fourth-order valence-electron chi connectivity index (χ4n) is 0.925. The first-order chi connectivity index (χ1) is 5.27. The molecule has 0 saturated heterocycles. The van der Waals surface area contributed by atoms with E-state index in [-0.39, 0.29) is 0 Å². The number of rotatable bonds is 3. The van der Waals surface area contributed by atoms with E-state index in [9.17, 15) is 0 Å². The quantitative estimate of drug-likeness (QED) is 0.376. The summed E-state index contributed by atoms with van der Waals surface area (Å²) >= 11 is 3.81. The average Bonchev–Trinajstić information content (AvgIpc) is 2.33. The van der Waals surface area contributed by atoms with Gasteiger partial charge in [-0.3, -0.25) is 0 Å². The van der Waals surface area contributed by atoms with Crippen molar-refractivity contribution < 1.29 is 0 Å². The molecule has 1 unspecified atom stereocenters. The molecular formula is C6H11B2PS2. The van der Waals surface area contributed by atoms with Crippen LogP contribution in [0.15, 0.2) is 10.3 Å². The van der Waals surface area contributed by atoms with Gasteiger partial charge in [0.2, 0.25) is 0 Å². The number of hydrogen-bond donors (Lipinski definition) is 0. The maximum atomic E-state index is 2.30. The van der Waals surface area contributed by atoms with E-state index in [1.807, 2.05) is 23.1 Å². The van der Waals surface area contributed by atoms with E-state index in [4.69, 9.17) is 0 Å². The molecule has 0 aromatic carbocycles. The van der Waals surface area contributed by atoms with Crippen LogP contribution in [-0.2, 0) is 0 Å². The van der Waals surface area contributed by atoms with Crippen molar-refractivity contribution >= 4 is 56.6 Å². The third kappa shape index (κ3) is 2.54. The van der Waals surface area contributed by atoms with E-state index >= 15 is 0 Å². The first kappa shape index (κ1) is 9.70. The van der Waals surface area contributed by atoms with Crippen LogP contribution in [0.1, 0.15) is 0 Å². The van der Waals surface area contributed by atoms with Crippen molar-refractivity contribution in [3.63, 3.8) is 0 Å².